The maximum atomic E-state index is 13.1. The summed E-state index contributed by atoms with van der Waals surface area (Å²) in [5.74, 6) is 0.697. The van der Waals surface area contributed by atoms with Gasteiger partial charge in [-0.05, 0) is 44.2 Å². The molecule has 8 nitrogen and oxygen atoms in total. The number of aromatic amines is 1. The molecule has 2 aromatic rings. The molecule has 2 aliphatic heterocycles. The first-order valence-corrected chi connectivity index (χ1v) is 12.2. The minimum atomic E-state index is -0.270. The van der Waals surface area contributed by atoms with Crippen molar-refractivity contribution < 1.29 is 9.59 Å². The summed E-state index contributed by atoms with van der Waals surface area (Å²) >= 11 is 0. The van der Waals surface area contributed by atoms with Gasteiger partial charge in [-0.25, -0.2) is 4.98 Å². The summed E-state index contributed by atoms with van der Waals surface area (Å²) in [6, 6.07) is 5.04. The van der Waals surface area contributed by atoms with Crippen LogP contribution in [0.25, 0.3) is 0 Å². The Labute approximate surface area is 193 Å². The first-order chi connectivity index (χ1) is 16.1. The molecular weight excluding hydrogens is 418 g/mol. The molecule has 0 bridgehead atoms. The van der Waals surface area contributed by atoms with E-state index < -0.39 is 0 Å². The van der Waals surface area contributed by atoms with Crippen LogP contribution in [0, 0.1) is 5.92 Å². The Bertz CT molecular complexity index is 1080. The van der Waals surface area contributed by atoms with Crippen LogP contribution in [-0.2, 0) is 17.8 Å². The number of carbonyl (C=O) groups excluding carboxylic acids is 2. The number of likely N-dealkylation sites (tertiary alicyclic amines) is 1. The van der Waals surface area contributed by atoms with Crippen LogP contribution >= 0.6 is 0 Å². The van der Waals surface area contributed by atoms with Crippen molar-refractivity contribution in [2.24, 2.45) is 5.92 Å². The number of amides is 2. The molecule has 174 valence electrons. The van der Waals surface area contributed by atoms with Crippen LogP contribution in [0.1, 0.15) is 85.0 Å². The molecule has 1 aliphatic carbocycles. The number of H-pyrrole nitrogens is 1. The molecule has 0 unspecified atom stereocenters. The molecule has 3 aliphatic rings. The van der Waals surface area contributed by atoms with Crippen molar-refractivity contribution in [3.8, 4) is 0 Å². The number of nitrogens with one attached hydrogen (secondary N) is 1. The molecule has 4 heterocycles. The average Bonchev–Trinajstić information content (AvgIpc) is 2.88. The number of aromatic nitrogens is 3. The fraction of sp³-hybridized carbons (Fsp3) is 0.560. The predicted octanol–water partition coefficient (Wildman–Crippen LogP) is 3.00. The van der Waals surface area contributed by atoms with Gasteiger partial charge in [-0.1, -0.05) is 25.3 Å². The number of fused-ring (bicyclic) bond motifs is 1. The Kier molecular flexibility index (Phi) is 6.24. The lowest BCUT2D eigenvalue weighted by Gasteiger charge is -2.36. The molecule has 0 spiro atoms. The molecule has 1 saturated carbocycles. The Hall–Kier alpha value is -3.03. The Morgan fingerprint density at radius 3 is 2.61 bits per heavy atom. The van der Waals surface area contributed by atoms with Crippen LogP contribution in [0.15, 0.2) is 29.2 Å². The van der Waals surface area contributed by atoms with Gasteiger partial charge in [0.1, 0.15) is 11.5 Å². The van der Waals surface area contributed by atoms with Crippen molar-refractivity contribution in [2.45, 2.75) is 70.4 Å². The lowest BCUT2D eigenvalue weighted by Crippen LogP contribution is -2.44. The van der Waals surface area contributed by atoms with E-state index in [1.807, 2.05) is 4.90 Å². The number of pyridine rings is 1. The van der Waals surface area contributed by atoms with E-state index in [-0.39, 0.29) is 29.3 Å². The molecule has 1 atom stereocenters. The third-order valence-corrected chi connectivity index (χ3v) is 7.32. The zero-order valence-corrected chi connectivity index (χ0v) is 19.0. The van der Waals surface area contributed by atoms with Gasteiger partial charge in [0.2, 0.25) is 5.91 Å². The van der Waals surface area contributed by atoms with Crippen molar-refractivity contribution in [3.63, 3.8) is 0 Å². The molecule has 0 radical (unpaired) electrons. The van der Waals surface area contributed by atoms with E-state index in [4.69, 9.17) is 4.98 Å². The van der Waals surface area contributed by atoms with Crippen LogP contribution in [0.4, 0.5) is 0 Å². The van der Waals surface area contributed by atoms with Gasteiger partial charge in [0.05, 0.1) is 23.8 Å². The molecule has 0 aromatic carbocycles. The van der Waals surface area contributed by atoms with Gasteiger partial charge >= 0.3 is 0 Å². The quantitative estimate of drug-likeness (QED) is 0.777. The van der Waals surface area contributed by atoms with Crippen LogP contribution in [-0.4, -0.2) is 49.7 Å². The summed E-state index contributed by atoms with van der Waals surface area (Å²) in [4.78, 5) is 54.8. The second-order valence-corrected chi connectivity index (χ2v) is 9.45. The van der Waals surface area contributed by atoms with Gasteiger partial charge in [0.15, 0.2) is 0 Å². The average molecular weight is 450 g/mol. The molecule has 1 saturated heterocycles. The minimum absolute atomic E-state index is 0.0972. The van der Waals surface area contributed by atoms with E-state index in [9.17, 15) is 14.4 Å². The topological polar surface area (TPSA) is 99.3 Å². The fourth-order valence-electron chi connectivity index (χ4n) is 5.49. The summed E-state index contributed by atoms with van der Waals surface area (Å²) < 4.78 is 0. The highest BCUT2D eigenvalue weighted by atomic mass is 16.2. The Morgan fingerprint density at radius 1 is 1.00 bits per heavy atom. The largest absolute Gasteiger partial charge is 0.337 e. The summed E-state index contributed by atoms with van der Waals surface area (Å²) in [6.07, 6.45) is 10.2. The zero-order chi connectivity index (χ0) is 22.8. The summed E-state index contributed by atoms with van der Waals surface area (Å²) in [7, 11) is 0. The maximum absolute atomic E-state index is 13.1. The fourth-order valence-corrected chi connectivity index (χ4v) is 5.49. The van der Waals surface area contributed by atoms with E-state index in [1.54, 1.807) is 29.3 Å². The van der Waals surface area contributed by atoms with Gasteiger partial charge in [-0.2, -0.15) is 0 Å². The third kappa shape index (κ3) is 4.43. The number of hydrogen-bond acceptors (Lipinski definition) is 5. The SMILES string of the molecule is O=C(C1CCCCC1)N1CCc2nc([C@H]3CCCCN3C(=O)c3ccccn3)[nH]c(=O)c2C1. The Balaban J connectivity index is 1.37. The normalized spacial score (nSPS) is 21.5. The lowest BCUT2D eigenvalue weighted by atomic mass is 9.88. The molecule has 1 N–H and O–H groups in total. The molecule has 2 aromatic heterocycles. The number of carbonyl (C=O) groups is 2. The lowest BCUT2D eigenvalue weighted by molar-refractivity contribution is -0.137. The molecule has 2 amide bonds. The van der Waals surface area contributed by atoms with Crippen molar-refractivity contribution >= 4 is 11.8 Å². The molecule has 5 rings (SSSR count). The van der Waals surface area contributed by atoms with E-state index in [0.717, 1.165) is 50.6 Å². The number of rotatable bonds is 3. The number of hydrogen-bond donors (Lipinski definition) is 1. The second kappa shape index (κ2) is 9.45. The molecule has 8 heteroatoms. The minimum Gasteiger partial charge on any atom is -0.337 e. The van der Waals surface area contributed by atoms with Gasteiger partial charge in [0.25, 0.3) is 11.5 Å². The number of piperidine rings is 1. The monoisotopic (exact) mass is 449 g/mol. The first kappa shape index (κ1) is 21.8. The van der Waals surface area contributed by atoms with Crippen LogP contribution in [0.5, 0.6) is 0 Å². The molecule has 2 fully saturated rings. The molecular formula is C25H31N5O3. The van der Waals surface area contributed by atoms with Crippen molar-refractivity contribution in [3.05, 3.63) is 57.5 Å². The van der Waals surface area contributed by atoms with Crippen LogP contribution in [0.3, 0.4) is 0 Å². The van der Waals surface area contributed by atoms with E-state index >= 15 is 0 Å². The smallest absolute Gasteiger partial charge is 0.273 e. The van der Waals surface area contributed by atoms with Gasteiger partial charge in [-0.15, -0.1) is 0 Å². The zero-order valence-electron chi connectivity index (χ0n) is 19.0. The van der Waals surface area contributed by atoms with E-state index in [1.165, 1.54) is 6.42 Å². The summed E-state index contributed by atoms with van der Waals surface area (Å²) in [5.41, 5.74) is 1.57. The standard InChI is InChI=1S/C25H31N5O3/c31-23-18-16-29(24(32)17-8-2-1-3-9-17)15-12-19(18)27-22(28-23)21-11-5-7-14-30(21)25(33)20-10-4-6-13-26-20/h4,6,10,13,17,21H,1-3,5,7-9,11-12,14-16H2,(H,27,28,31)/t21-/m1/s1. The van der Waals surface area contributed by atoms with Gasteiger partial charge in [-0.3, -0.25) is 19.4 Å². The van der Waals surface area contributed by atoms with Crippen molar-refractivity contribution in [1.29, 1.82) is 0 Å². The predicted molar refractivity (Wildman–Crippen MR) is 122 cm³/mol. The van der Waals surface area contributed by atoms with Crippen LogP contribution < -0.4 is 5.56 Å². The van der Waals surface area contributed by atoms with Crippen molar-refractivity contribution in [2.75, 3.05) is 13.1 Å². The number of nitrogens with zero attached hydrogens (tertiary/aromatic N) is 4. The first-order valence-electron chi connectivity index (χ1n) is 12.2. The Morgan fingerprint density at radius 2 is 1.82 bits per heavy atom. The highest BCUT2D eigenvalue weighted by Crippen LogP contribution is 2.31. The second-order valence-electron chi connectivity index (χ2n) is 9.45. The van der Waals surface area contributed by atoms with E-state index in [2.05, 4.69) is 9.97 Å². The highest BCUT2D eigenvalue weighted by molar-refractivity contribution is 5.92. The maximum Gasteiger partial charge on any atom is 0.273 e. The van der Waals surface area contributed by atoms with Gasteiger partial charge < -0.3 is 14.8 Å². The van der Waals surface area contributed by atoms with E-state index in [0.29, 0.717) is 43.1 Å². The third-order valence-electron chi connectivity index (χ3n) is 7.32. The van der Waals surface area contributed by atoms with Gasteiger partial charge in [0, 0.05) is 31.6 Å². The summed E-state index contributed by atoms with van der Waals surface area (Å²) in [5, 5.41) is 0. The molecule has 33 heavy (non-hydrogen) atoms. The van der Waals surface area contributed by atoms with Crippen LogP contribution in [0.2, 0.25) is 0 Å². The van der Waals surface area contributed by atoms with Crippen molar-refractivity contribution in [1.82, 2.24) is 24.8 Å². The summed E-state index contributed by atoms with van der Waals surface area (Å²) in [6.45, 7) is 1.54. The highest BCUT2D eigenvalue weighted by Gasteiger charge is 2.34.